The molecular formula is C23H32N4O2S. The lowest BCUT2D eigenvalue weighted by Crippen LogP contribution is -2.46. The van der Waals surface area contributed by atoms with Gasteiger partial charge in [-0.05, 0) is 76.3 Å². The van der Waals surface area contributed by atoms with Crippen LogP contribution < -0.4 is 15.4 Å². The lowest BCUT2D eigenvalue weighted by atomic mass is 10.0. The van der Waals surface area contributed by atoms with Crippen LogP contribution in [0.1, 0.15) is 50.8 Å². The maximum absolute atomic E-state index is 12.0. The molecule has 2 aliphatic rings. The van der Waals surface area contributed by atoms with Gasteiger partial charge in [-0.2, -0.15) is 0 Å². The Labute approximate surface area is 183 Å². The Hall–Kier alpha value is -2.12. The standard InChI is InChI=1S/C23H32N4O2S/c1-3-18-9-12-20-21(27(18)23(24)28)25-22(30-20)17-7-10-19(11-8-17)29-15-5-14-26-13-4-6-16(26)2/h7-8,10-11,16,18H,3-6,9,12-15H2,1-2H3,(H2,24,28). The summed E-state index contributed by atoms with van der Waals surface area (Å²) in [6, 6.07) is 8.56. The van der Waals surface area contributed by atoms with Crippen LogP contribution in [-0.4, -0.2) is 47.7 Å². The number of nitrogens with zero attached hydrogens (tertiary/aromatic N) is 3. The molecule has 0 spiro atoms. The first-order valence-electron chi connectivity index (χ1n) is 11.1. The van der Waals surface area contributed by atoms with E-state index in [9.17, 15) is 4.79 Å². The lowest BCUT2D eigenvalue weighted by molar-refractivity contribution is 0.230. The van der Waals surface area contributed by atoms with Gasteiger partial charge in [0.25, 0.3) is 0 Å². The minimum Gasteiger partial charge on any atom is -0.494 e. The first-order valence-corrected chi connectivity index (χ1v) is 11.9. The summed E-state index contributed by atoms with van der Waals surface area (Å²) < 4.78 is 5.94. The number of nitrogens with two attached hydrogens (primary N) is 1. The highest BCUT2D eigenvalue weighted by Gasteiger charge is 2.32. The second kappa shape index (κ2) is 9.35. The van der Waals surface area contributed by atoms with Crippen LogP contribution in [0.25, 0.3) is 10.6 Å². The molecule has 0 bridgehead atoms. The third kappa shape index (κ3) is 4.47. The number of rotatable bonds is 7. The van der Waals surface area contributed by atoms with Crippen molar-refractivity contribution in [2.75, 3.05) is 24.6 Å². The molecular weight excluding hydrogens is 396 g/mol. The molecule has 2 unspecified atom stereocenters. The number of benzene rings is 1. The van der Waals surface area contributed by atoms with Gasteiger partial charge in [-0.1, -0.05) is 6.92 Å². The van der Waals surface area contributed by atoms with Crippen molar-refractivity contribution < 1.29 is 9.53 Å². The molecule has 1 saturated heterocycles. The van der Waals surface area contributed by atoms with Crippen molar-refractivity contribution in [3.8, 4) is 16.3 Å². The summed E-state index contributed by atoms with van der Waals surface area (Å²) in [4.78, 5) is 22.1. The zero-order chi connectivity index (χ0) is 21.1. The van der Waals surface area contributed by atoms with E-state index in [2.05, 4.69) is 18.7 Å². The van der Waals surface area contributed by atoms with Gasteiger partial charge in [0.1, 0.15) is 10.8 Å². The number of ether oxygens (including phenoxy) is 1. The van der Waals surface area contributed by atoms with Crippen LogP contribution in [0.15, 0.2) is 24.3 Å². The number of fused-ring (bicyclic) bond motifs is 1. The summed E-state index contributed by atoms with van der Waals surface area (Å²) >= 11 is 1.66. The van der Waals surface area contributed by atoms with Crippen molar-refractivity contribution in [1.82, 2.24) is 9.88 Å². The van der Waals surface area contributed by atoms with E-state index in [-0.39, 0.29) is 6.04 Å². The molecule has 30 heavy (non-hydrogen) atoms. The highest BCUT2D eigenvalue weighted by atomic mass is 32.1. The third-order valence-corrected chi connectivity index (χ3v) is 7.49. The second-order valence-electron chi connectivity index (χ2n) is 8.33. The Balaban J connectivity index is 1.37. The van der Waals surface area contributed by atoms with E-state index in [4.69, 9.17) is 15.5 Å². The first-order chi connectivity index (χ1) is 14.6. The molecule has 3 heterocycles. The Morgan fingerprint density at radius 2 is 2.10 bits per heavy atom. The topological polar surface area (TPSA) is 71.7 Å². The number of primary amides is 1. The minimum atomic E-state index is -0.410. The predicted octanol–water partition coefficient (Wildman–Crippen LogP) is 4.67. The quantitative estimate of drug-likeness (QED) is 0.650. The van der Waals surface area contributed by atoms with E-state index in [0.717, 1.165) is 65.9 Å². The van der Waals surface area contributed by atoms with Crippen LogP contribution in [0.3, 0.4) is 0 Å². The molecule has 2 aliphatic heterocycles. The summed E-state index contributed by atoms with van der Waals surface area (Å²) in [5.74, 6) is 1.64. The molecule has 1 aromatic heterocycles. The number of thiazole rings is 1. The van der Waals surface area contributed by atoms with Gasteiger partial charge < -0.3 is 15.4 Å². The third-order valence-electron chi connectivity index (χ3n) is 6.33. The number of carbonyl (C=O) groups excluding carboxylic acids is 1. The Morgan fingerprint density at radius 1 is 1.30 bits per heavy atom. The number of likely N-dealkylation sites (tertiary alicyclic amines) is 1. The number of amides is 2. The van der Waals surface area contributed by atoms with Crippen LogP contribution >= 0.6 is 11.3 Å². The molecule has 0 radical (unpaired) electrons. The van der Waals surface area contributed by atoms with E-state index in [1.165, 1.54) is 19.4 Å². The smallest absolute Gasteiger partial charge is 0.320 e. The normalized spacial score (nSPS) is 21.6. The molecule has 2 amide bonds. The van der Waals surface area contributed by atoms with Crippen LogP contribution in [0.2, 0.25) is 0 Å². The molecule has 2 N–H and O–H groups in total. The van der Waals surface area contributed by atoms with Gasteiger partial charge >= 0.3 is 6.03 Å². The number of aryl methyl sites for hydroxylation is 1. The molecule has 6 nitrogen and oxygen atoms in total. The number of hydrogen-bond acceptors (Lipinski definition) is 5. The van der Waals surface area contributed by atoms with E-state index in [0.29, 0.717) is 6.04 Å². The van der Waals surface area contributed by atoms with Gasteiger partial charge in [-0.15, -0.1) is 11.3 Å². The van der Waals surface area contributed by atoms with Crippen molar-refractivity contribution in [3.05, 3.63) is 29.1 Å². The van der Waals surface area contributed by atoms with Crippen molar-refractivity contribution in [2.24, 2.45) is 5.73 Å². The van der Waals surface area contributed by atoms with Crippen LogP contribution in [-0.2, 0) is 6.42 Å². The monoisotopic (exact) mass is 428 g/mol. The van der Waals surface area contributed by atoms with Crippen molar-refractivity contribution >= 4 is 23.2 Å². The van der Waals surface area contributed by atoms with Crippen LogP contribution in [0, 0.1) is 0 Å². The Bertz CT molecular complexity index is 867. The molecule has 2 atom stereocenters. The lowest BCUT2D eigenvalue weighted by Gasteiger charge is -2.32. The number of carbonyl (C=O) groups is 1. The minimum absolute atomic E-state index is 0.143. The second-order valence-corrected chi connectivity index (χ2v) is 9.41. The van der Waals surface area contributed by atoms with Gasteiger partial charge in [-0.25, -0.2) is 9.78 Å². The molecule has 1 fully saturated rings. The van der Waals surface area contributed by atoms with Crippen molar-refractivity contribution in [2.45, 2.75) is 64.5 Å². The van der Waals surface area contributed by atoms with Crippen molar-refractivity contribution in [1.29, 1.82) is 0 Å². The van der Waals surface area contributed by atoms with Gasteiger partial charge in [0, 0.05) is 29.1 Å². The van der Waals surface area contributed by atoms with Gasteiger partial charge in [0.15, 0.2) is 5.82 Å². The maximum Gasteiger partial charge on any atom is 0.320 e. The molecule has 0 aliphatic carbocycles. The number of urea groups is 1. The maximum atomic E-state index is 12.0. The SMILES string of the molecule is CCC1CCc2sc(-c3ccc(OCCCN4CCCC4C)cc3)nc2N1C(N)=O. The Kier molecular flexibility index (Phi) is 6.58. The fraction of sp³-hybridized carbons (Fsp3) is 0.565. The predicted molar refractivity (Wildman–Crippen MR) is 122 cm³/mol. The van der Waals surface area contributed by atoms with Crippen LogP contribution in [0.5, 0.6) is 5.75 Å². The molecule has 1 aromatic carbocycles. The van der Waals surface area contributed by atoms with E-state index in [1.54, 1.807) is 16.2 Å². The average molecular weight is 429 g/mol. The van der Waals surface area contributed by atoms with E-state index >= 15 is 0 Å². The average Bonchev–Trinajstić information content (AvgIpc) is 3.36. The number of anilines is 1. The molecule has 0 saturated carbocycles. The Morgan fingerprint density at radius 3 is 2.77 bits per heavy atom. The molecule has 162 valence electrons. The summed E-state index contributed by atoms with van der Waals surface area (Å²) in [5.41, 5.74) is 6.70. The highest BCUT2D eigenvalue weighted by molar-refractivity contribution is 7.15. The highest BCUT2D eigenvalue weighted by Crippen LogP contribution is 2.39. The van der Waals surface area contributed by atoms with Crippen LogP contribution in [0.4, 0.5) is 10.6 Å². The number of aromatic nitrogens is 1. The first kappa shape index (κ1) is 21.1. The van der Waals surface area contributed by atoms with Gasteiger partial charge in [0.2, 0.25) is 0 Å². The van der Waals surface area contributed by atoms with E-state index in [1.807, 2.05) is 24.3 Å². The molecule has 7 heteroatoms. The zero-order valence-electron chi connectivity index (χ0n) is 18.0. The van der Waals surface area contributed by atoms with E-state index < -0.39 is 6.03 Å². The molecule has 4 rings (SSSR count). The summed E-state index contributed by atoms with van der Waals surface area (Å²) in [5, 5.41) is 0.928. The van der Waals surface area contributed by atoms with Crippen molar-refractivity contribution in [3.63, 3.8) is 0 Å². The zero-order valence-corrected chi connectivity index (χ0v) is 18.8. The fourth-order valence-electron chi connectivity index (χ4n) is 4.57. The summed E-state index contributed by atoms with van der Waals surface area (Å²) in [6.07, 6.45) is 6.47. The molecule has 2 aromatic rings. The number of hydrogen-bond donors (Lipinski definition) is 1. The summed E-state index contributed by atoms with van der Waals surface area (Å²) in [6.45, 7) is 7.47. The van der Waals surface area contributed by atoms with Gasteiger partial charge in [0.05, 0.1) is 6.61 Å². The van der Waals surface area contributed by atoms with Gasteiger partial charge in [-0.3, -0.25) is 4.90 Å². The fourth-order valence-corrected chi connectivity index (χ4v) is 5.64. The summed E-state index contributed by atoms with van der Waals surface area (Å²) in [7, 11) is 0. The largest absolute Gasteiger partial charge is 0.494 e.